The molecule has 0 spiro atoms. The topological polar surface area (TPSA) is 66.9 Å². The van der Waals surface area contributed by atoms with Gasteiger partial charge in [-0.3, -0.25) is 4.79 Å². The van der Waals surface area contributed by atoms with Crippen LogP contribution in [-0.2, 0) is 27.2 Å². The fourth-order valence-corrected chi connectivity index (χ4v) is 2.83. The van der Waals surface area contributed by atoms with Crippen molar-refractivity contribution in [1.29, 1.82) is 0 Å². The summed E-state index contributed by atoms with van der Waals surface area (Å²) in [5.74, 6) is 0.953. The molecule has 0 saturated heterocycles. The third kappa shape index (κ3) is 4.43. The van der Waals surface area contributed by atoms with Gasteiger partial charge in [0.25, 0.3) is 0 Å². The highest BCUT2D eigenvalue weighted by molar-refractivity contribution is 5.78. The molecule has 0 aliphatic carbocycles. The van der Waals surface area contributed by atoms with E-state index < -0.39 is 6.29 Å². The molecule has 0 radical (unpaired) electrons. The standard InChI is InChI=1S/C17H28N4O3/c1-20(2)11-14(22)21(3)10-13-9-12-7-6-8-18-16(12)19-15(13)17(23-4)24-5/h9,17H,6-8,10-11H2,1-5H3,(H,18,19). The first-order chi connectivity index (χ1) is 11.5. The third-order valence-electron chi connectivity index (χ3n) is 4.07. The number of pyridine rings is 1. The summed E-state index contributed by atoms with van der Waals surface area (Å²) in [6.07, 6.45) is 1.52. The lowest BCUT2D eigenvalue weighted by atomic mass is 10.0. The Morgan fingerprint density at radius 2 is 2.04 bits per heavy atom. The molecular weight excluding hydrogens is 308 g/mol. The molecule has 1 aliphatic heterocycles. The SMILES string of the molecule is COC(OC)c1nc2c(cc1CN(C)C(=O)CN(C)C)CCCN2. The first-order valence-electron chi connectivity index (χ1n) is 8.17. The Hall–Kier alpha value is -1.70. The lowest BCUT2D eigenvalue weighted by Gasteiger charge is -2.26. The predicted octanol–water partition coefficient (Wildman–Crippen LogP) is 1.25. The van der Waals surface area contributed by atoms with Crippen molar-refractivity contribution in [2.24, 2.45) is 0 Å². The van der Waals surface area contributed by atoms with Gasteiger partial charge >= 0.3 is 0 Å². The Bertz CT molecular complexity index is 573. The second-order valence-electron chi connectivity index (χ2n) is 6.36. The van der Waals surface area contributed by atoms with Crippen molar-refractivity contribution in [2.75, 3.05) is 53.8 Å². The maximum Gasteiger partial charge on any atom is 0.236 e. The molecule has 0 unspecified atom stereocenters. The number of likely N-dealkylation sites (N-methyl/N-ethyl adjacent to an activating group) is 2. The van der Waals surface area contributed by atoms with Gasteiger partial charge in [-0.1, -0.05) is 0 Å². The summed E-state index contributed by atoms with van der Waals surface area (Å²) in [4.78, 5) is 20.6. The van der Waals surface area contributed by atoms with Crippen LogP contribution in [0.5, 0.6) is 0 Å². The average molecular weight is 336 g/mol. The fourth-order valence-electron chi connectivity index (χ4n) is 2.83. The minimum Gasteiger partial charge on any atom is -0.370 e. The number of nitrogens with zero attached hydrogens (tertiary/aromatic N) is 3. The van der Waals surface area contributed by atoms with E-state index in [0.717, 1.165) is 36.5 Å². The number of hydrogen-bond donors (Lipinski definition) is 1. The normalized spacial score (nSPS) is 13.8. The molecule has 1 aliphatic rings. The monoisotopic (exact) mass is 336 g/mol. The van der Waals surface area contributed by atoms with Gasteiger partial charge in [0.05, 0.1) is 6.54 Å². The Kier molecular flexibility index (Phi) is 6.53. The van der Waals surface area contributed by atoms with Crippen molar-refractivity contribution in [3.8, 4) is 0 Å². The quantitative estimate of drug-likeness (QED) is 0.756. The van der Waals surface area contributed by atoms with Gasteiger partial charge in [-0.15, -0.1) is 0 Å². The van der Waals surface area contributed by atoms with Crippen LogP contribution in [0.4, 0.5) is 5.82 Å². The maximum absolute atomic E-state index is 12.3. The molecule has 1 N–H and O–H groups in total. The highest BCUT2D eigenvalue weighted by Crippen LogP contribution is 2.28. The van der Waals surface area contributed by atoms with E-state index in [4.69, 9.17) is 14.5 Å². The van der Waals surface area contributed by atoms with E-state index in [2.05, 4.69) is 11.4 Å². The van der Waals surface area contributed by atoms with Crippen molar-refractivity contribution in [3.63, 3.8) is 0 Å². The zero-order chi connectivity index (χ0) is 17.7. The number of carbonyl (C=O) groups excluding carboxylic acids is 1. The van der Waals surface area contributed by atoms with Crippen LogP contribution in [0.25, 0.3) is 0 Å². The average Bonchev–Trinajstić information content (AvgIpc) is 2.55. The molecule has 134 valence electrons. The summed E-state index contributed by atoms with van der Waals surface area (Å²) in [7, 11) is 8.76. The van der Waals surface area contributed by atoms with Crippen molar-refractivity contribution in [3.05, 3.63) is 22.9 Å². The summed E-state index contributed by atoms with van der Waals surface area (Å²) in [5, 5.41) is 3.33. The molecule has 0 atom stereocenters. The Balaban J connectivity index is 2.30. The summed E-state index contributed by atoms with van der Waals surface area (Å²) in [6, 6.07) is 2.12. The molecule has 7 nitrogen and oxygen atoms in total. The van der Waals surface area contributed by atoms with Crippen LogP contribution in [0.15, 0.2) is 6.07 Å². The first kappa shape index (κ1) is 18.6. The van der Waals surface area contributed by atoms with E-state index in [1.54, 1.807) is 19.1 Å². The molecule has 0 bridgehead atoms. The van der Waals surface area contributed by atoms with Gasteiger partial charge in [0.1, 0.15) is 11.5 Å². The largest absolute Gasteiger partial charge is 0.370 e. The summed E-state index contributed by atoms with van der Waals surface area (Å²) in [5.41, 5.74) is 2.86. The van der Waals surface area contributed by atoms with E-state index >= 15 is 0 Å². The van der Waals surface area contributed by atoms with Gasteiger partial charge < -0.3 is 24.6 Å². The number of ether oxygens (including phenoxy) is 2. The van der Waals surface area contributed by atoms with Crippen LogP contribution >= 0.6 is 0 Å². The molecule has 0 saturated carbocycles. The lowest BCUT2D eigenvalue weighted by molar-refractivity contribution is -0.131. The highest BCUT2D eigenvalue weighted by Gasteiger charge is 2.22. The molecule has 7 heteroatoms. The van der Waals surface area contributed by atoms with E-state index in [1.165, 1.54) is 5.56 Å². The zero-order valence-corrected chi connectivity index (χ0v) is 15.3. The van der Waals surface area contributed by atoms with Crippen LogP contribution in [-0.4, -0.2) is 69.1 Å². The van der Waals surface area contributed by atoms with Crippen LogP contribution in [0.3, 0.4) is 0 Å². The molecular formula is C17H28N4O3. The number of rotatable bonds is 7. The molecule has 2 rings (SSSR count). The molecule has 1 aromatic heterocycles. The Morgan fingerprint density at radius 3 is 2.67 bits per heavy atom. The molecule has 0 fully saturated rings. The highest BCUT2D eigenvalue weighted by atomic mass is 16.7. The molecule has 2 heterocycles. The van der Waals surface area contributed by atoms with Crippen LogP contribution < -0.4 is 5.32 Å². The Labute approximate surface area is 143 Å². The number of carbonyl (C=O) groups is 1. The first-order valence-corrected chi connectivity index (χ1v) is 8.17. The summed E-state index contributed by atoms with van der Waals surface area (Å²) >= 11 is 0. The molecule has 24 heavy (non-hydrogen) atoms. The minimum atomic E-state index is -0.550. The number of aryl methyl sites for hydroxylation is 1. The minimum absolute atomic E-state index is 0.0631. The number of aromatic nitrogens is 1. The zero-order valence-electron chi connectivity index (χ0n) is 15.3. The molecule has 1 aromatic rings. The van der Waals surface area contributed by atoms with Crippen molar-refractivity contribution in [2.45, 2.75) is 25.7 Å². The second kappa shape index (κ2) is 8.41. The van der Waals surface area contributed by atoms with Crippen molar-refractivity contribution >= 4 is 11.7 Å². The number of methoxy groups -OCH3 is 2. The van der Waals surface area contributed by atoms with Crippen molar-refractivity contribution < 1.29 is 14.3 Å². The van der Waals surface area contributed by atoms with Crippen LogP contribution in [0.2, 0.25) is 0 Å². The van der Waals surface area contributed by atoms with Gasteiger partial charge in [0.2, 0.25) is 12.2 Å². The second-order valence-corrected chi connectivity index (χ2v) is 6.36. The van der Waals surface area contributed by atoms with Gasteiger partial charge in [-0.25, -0.2) is 4.98 Å². The van der Waals surface area contributed by atoms with Crippen molar-refractivity contribution in [1.82, 2.24) is 14.8 Å². The number of anilines is 1. The van der Waals surface area contributed by atoms with Gasteiger partial charge in [-0.05, 0) is 44.1 Å². The summed E-state index contributed by atoms with van der Waals surface area (Å²) < 4.78 is 10.8. The van der Waals surface area contributed by atoms with Crippen LogP contribution in [0.1, 0.15) is 29.5 Å². The fraction of sp³-hybridized carbons (Fsp3) is 0.647. The maximum atomic E-state index is 12.3. The van der Waals surface area contributed by atoms with E-state index in [-0.39, 0.29) is 5.91 Å². The van der Waals surface area contributed by atoms with E-state index in [9.17, 15) is 4.79 Å². The molecule has 1 amide bonds. The Morgan fingerprint density at radius 1 is 1.33 bits per heavy atom. The van der Waals surface area contributed by atoms with Gasteiger partial charge in [0.15, 0.2) is 0 Å². The number of fused-ring (bicyclic) bond motifs is 1. The number of amides is 1. The smallest absolute Gasteiger partial charge is 0.236 e. The third-order valence-corrected chi connectivity index (χ3v) is 4.07. The van der Waals surface area contributed by atoms with E-state index in [0.29, 0.717) is 13.1 Å². The van der Waals surface area contributed by atoms with E-state index in [1.807, 2.05) is 26.0 Å². The predicted molar refractivity (Wildman–Crippen MR) is 92.8 cm³/mol. The van der Waals surface area contributed by atoms with Gasteiger partial charge in [-0.2, -0.15) is 0 Å². The van der Waals surface area contributed by atoms with Crippen LogP contribution in [0, 0.1) is 0 Å². The number of hydrogen-bond acceptors (Lipinski definition) is 6. The lowest BCUT2D eigenvalue weighted by Crippen LogP contribution is -2.35. The number of nitrogens with one attached hydrogen (secondary N) is 1. The molecule has 0 aromatic carbocycles. The summed E-state index contributed by atoms with van der Waals surface area (Å²) in [6.45, 7) is 1.78. The van der Waals surface area contributed by atoms with Gasteiger partial charge in [0, 0.05) is 34.4 Å².